The van der Waals surface area contributed by atoms with Crippen LogP contribution in [0.4, 0.5) is 0 Å². The van der Waals surface area contributed by atoms with Crippen molar-refractivity contribution in [2.75, 3.05) is 0 Å². The summed E-state index contributed by atoms with van der Waals surface area (Å²) in [4.78, 5) is 12.2. The van der Waals surface area contributed by atoms with Crippen molar-refractivity contribution in [2.45, 2.75) is 46.3 Å². The van der Waals surface area contributed by atoms with Crippen LogP contribution < -0.4 is 4.74 Å². The first kappa shape index (κ1) is 12.1. The van der Waals surface area contributed by atoms with Gasteiger partial charge in [0, 0.05) is 0 Å². The van der Waals surface area contributed by atoms with Crippen LogP contribution in [-0.4, -0.2) is 22.6 Å². The van der Waals surface area contributed by atoms with Gasteiger partial charge in [0.15, 0.2) is 11.9 Å². The highest BCUT2D eigenvalue weighted by molar-refractivity contribution is 6.05. The minimum Gasteiger partial charge on any atom is -0.484 e. The number of benzene rings is 1. The molecule has 1 aromatic carbocycles. The van der Waals surface area contributed by atoms with Crippen LogP contribution in [0.3, 0.4) is 0 Å². The van der Waals surface area contributed by atoms with Gasteiger partial charge >= 0.3 is 0 Å². The number of hydrogen-bond acceptors (Lipinski definition) is 3. The highest BCUT2D eigenvalue weighted by atomic mass is 16.5. The molecule has 1 aliphatic heterocycles. The van der Waals surface area contributed by atoms with Crippen molar-refractivity contribution >= 4 is 5.78 Å². The Labute approximate surface area is 101 Å². The lowest BCUT2D eigenvalue weighted by Gasteiger charge is -2.37. The first-order valence-corrected chi connectivity index (χ1v) is 5.78. The number of rotatable bonds is 0. The molecule has 17 heavy (non-hydrogen) atoms. The molecule has 0 saturated heterocycles. The number of ketones is 1. The third kappa shape index (κ3) is 1.65. The summed E-state index contributed by atoms with van der Waals surface area (Å²) in [6.07, 6.45) is -1.10. The molecular formula is C14H18O3. The Kier molecular flexibility index (Phi) is 2.54. The maximum absolute atomic E-state index is 12.2. The van der Waals surface area contributed by atoms with Crippen LogP contribution >= 0.6 is 0 Å². The Bertz CT molecular complexity index is 501. The molecule has 1 aliphatic rings. The van der Waals surface area contributed by atoms with E-state index in [1.807, 2.05) is 26.8 Å². The van der Waals surface area contributed by atoms with Gasteiger partial charge in [0.25, 0.3) is 0 Å². The molecule has 0 aromatic heterocycles. The van der Waals surface area contributed by atoms with Gasteiger partial charge in [0.2, 0.25) is 0 Å². The van der Waals surface area contributed by atoms with E-state index in [2.05, 4.69) is 0 Å². The van der Waals surface area contributed by atoms with E-state index in [9.17, 15) is 9.90 Å². The number of Topliss-reactive ketones (excluding diaryl/α,β-unsaturated/α-hetero) is 1. The van der Waals surface area contributed by atoms with Crippen molar-refractivity contribution in [3.8, 4) is 5.75 Å². The Morgan fingerprint density at radius 1 is 1.24 bits per heavy atom. The molecule has 0 bridgehead atoms. The number of aliphatic hydroxyl groups is 1. The Morgan fingerprint density at radius 2 is 1.82 bits per heavy atom. The molecule has 1 heterocycles. The van der Waals surface area contributed by atoms with Crippen LogP contribution in [-0.2, 0) is 0 Å². The summed E-state index contributed by atoms with van der Waals surface area (Å²) in [5.41, 5.74) is 2.59. The predicted octanol–water partition coefficient (Wildman–Crippen LogP) is 2.33. The maximum atomic E-state index is 12.2. The number of carbonyl (C=O) groups excluding carboxylic acids is 1. The van der Waals surface area contributed by atoms with Crippen molar-refractivity contribution in [3.05, 3.63) is 28.3 Å². The largest absolute Gasteiger partial charge is 0.484 e. The minimum absolute atomic E-state index is 0.239. The lowest BCUT2D eigenvalue weighted by molar-refractivity contribution is -0.0254. The monoisotopic (exact) mass is 234 g/mol. The van der Waals surface area contributed by atoms with Crippen LogP contribution in [0.5, 0.6) is 5.75 Å². The van der Waals surface area contributed by atoms with Crippen LogP contribution in [0.2, 0.25) is 0 Å². The molecule has 2 rings (SSSR count). The van der Waals surface area contributed by atoms with E-state index < -0.39 is 11.7 Å². The molecule has 0 aliphatic carbocycles. The number of ether oxygens (including phenoxy) is 1. The zero-order valence-electron chi connectivity index (χ0n) is 10.9. The van der Waals surface area contributed by atoms with Gasteiger partial charge in [-0.05, 0) is 51.3 Å². The summed E-state index contributed by atoms with van der Waals surface area (Å²) in [6, 6.07) is 1.96. The van der Waals surface area contributed by atoms with Gasteiger partial charge in [-0.25, -0.2) is 0 Å². The third-order valence-electron chi connectivity index (χ3n) is 3.50. The fourth-order valence-electron chi connectivity index (χ4n) is 2.26. The molecule has 1 N–H and O–H groups in total. The zero-order valence-corrected chi connectivity index (χ0v) is 10.9. The number of aryl methyl sites for hydroxylation is 2. The average Bonchev–Trinajstić information content (AvgIpc) is 2.22. The highest BCUT2D eigenvalue weighted by Gasteiger charge is 2.43. The lowest BCUT2D eigenvalue weighted by atomic mass is 9.85. The molecule has 0 amide bonds. The van der Waals surface area contributed by atoms with Crippen molar-refractivity contribution in [2.24, 2.45) is 0 Å². The first-order valence-electron chi connectivity index (χ1n) is 5.78. The molecular weight excluding hydrogens is 216 g/mol. The third-order valence-corrected chi connectivity index (χ3v) is 3.50. The summed E-state index contributed by atoms with van der Waals surface area (Å²) in [5, 5.41) is 9.96. The molecule has 1 atom stereocenters. The molecule has 0 saturated carbocycles. The van der Waals surface area contributed by atoms with Gasteiger partial charge in [-0.15, -0.1) is 0 Å². The smallest absolute Gasteiger partial charge is 0.199 e. The molecule has 3 nitrogen and oxygen atoms in total. The zero-order chi connectivity index (χ0) is 13.0. The predicted molar refractivity (Wildman–Crippen MR) is 65.7 cm³/mol. The van der Waals surface area contributed by atoms with Gasteiger partial charge in [-0.3, -0.25) is 4.79 Å². The normalized spacial score (nSPS) is 22.0. The summed E-state index contributed by atoms with van der Waals surface area (Å²) in [5.74, 6) is 0.389. The van der Waals surface area contributed by atoms with Gasteiger partial charge in [0.05, 0.1) is 5.56 Å². The highest BCUT2D eigenvalue weighted by Crippen LogP contribution is 2.38. The van der Waals surface area contributed by atoms with Crippen LogP contribution in [0.15, 0.2) is 6.07 Å². The van der Waals surface area contributed by atoms with Crippen molar-refractivity contribution < 1.29 is 14.6 Å². The molecule has 1 unspecified atom stereocenters. The Hall–Kier alpha value is -1.35. The van der Waals surface area contributed by atoms with E-state index in [1.54, 1.807) is 13.8 Å². The summed E-state index contributed by atoms with van der Waals surface area (Å²) < 4.78 is 5.82. The van der Waals surface area contributed by atoms with Crippen LogP contribution in [0, 0.1) is 20.8 Å². The Balaban J connectivity index is 2.73. The quantitative estimate of drug-likeness (QED) is 0.749. The number of aliphatic hydroxyl groups excluding tert-OH is 1. The summed E-state index contributed by atoms with van der Waals surface area (Å²) in [6.45, 7) is 9.27. The second-order valence-corrected chi connectivity index (χ2v) is 5.31. The topological polar surface area (TPSA) is 46.5 Å². The molecule has 0 radical (unpaired) electrons. The molecule has 3 heteroatoms. The van der Waals surface area contributed by atoms with Gasteiger partial charge in [-0.2, -0.15) is 0 Å². The first-order chi connectivity index (χ1) is 7.75. The van der Waals surface area contributed by atoms with E-state index in [1.165, 1.54) is 0 Å². The minimum atomic E-state index is -1.10. The molecule has 0 spiro atoms. The maximum Gasteiger partial charge on any atom is 0.199 e. The molecule has 0 fully saturated rings. The van der Waals surface area contributed by atoms with E-state index in [0.717, 1.165) is 16.7 Å². The Morgan fingerprint density at radius 3 is 2.41 bits per heavy atom. The second-order valence-electron chi connectivity index (χ2n) is 5.31. The number of carbonyl (C=O) groups is 1. The fourth-order valence-corrected chi connectivity index (χ4v) is 2.26. The van der Waals surface area contributed by atoms with Gasteiger partial charge < -0.3 is 9.84 Å². The van der Waals surface area contributed by atoms with E-state index >= 15 is 0 Å². The number of fused-ring (bicyclic) bond motifs is 1. The SMILES string of the molecule is Cc1cc(C)c2c(c1C)OC(C)(C)C(O)C2=O. The standard InChI is InChI=1S/C14H18O3/c1-7-6-8(2)10-11(15)13(16)14(4,5)17-12(10)9(7)3/h6,13,16H,1-5H3. The molecule has 92 valence electrons. The van der Waals surface area contributed by atoms with E-state index in [4.69, 9.17) is 4.74 Å². The summed E-state index contributed by atoms with van der Waals surface area (Å²) in [7, 11) is 0. The van der Waals surface area contributed by atoms with Crippen LogP contribution in [0.1, 0.15) is 40.9 Å². The van der Waals surface area contributed by atoms with E-state index in [0.29, 0.717) is 11.3 Å². The van der Waals surface area contributed by atoms with Gasteiger partial charge in [-0.1, -0.05) is 6.07 Å². The van der Waals surface area contributed by atoms with Gasteiger partial charge in [0.1, 0.15) is 11.4 Å². The van der Waals surface area contributed by atoms with Crippen LogP contribution in [0.25, 0.3) is 0 Å². The average molecular weight is 234 g/mol. The second kappa shape index (κ2) is 3.57. The van der Waals surface area contributed by atoms with Crippen molar-refractivity contribution in [3.63, 3.8) is 0 Å². The lowest BCUT2D eigenvalue weighted by Crippen LogP contribution is -2.50. The summed E-state index contributed by atoms with van der Waals surface area (Å²) >= 11 is 0. The molecule has 1 aromatic rings. The number of hydrogen-bond donors (Lipinski definition) is 1. The van der Waals surface area contributed by atoms with Crippen molar-refractivity contribution in [1.82, 2.24) is 0 Å². The van der Waals surface area contributed by atoms with E-state index in [-0.39, 0.29) is 5.78 Å². The van der Waals surface area contributed by atoms with Crippen molar-refractivity contribution in [1.29, 1.82) is 0 Å². The fraction of sp³-hybridized carbons (Fsp3) is 0.500.